The molecule has 1 aromatic heterocycles. The fourth-order valence-electron chi connectivity index (χ4n) is 3.68. The third-order valence-corrected chi connectivity index (χ3v) is 5.11. The van der Waals surface area contributed by atoms with E-state index >= 15 is 0 Å². The molecule has 2 aliphatic rings. The second-order valence-electron chi connectivity index (χ2n) is 6.86. The molecule has 0 spiro atoms. The van der Waals surface area contributed by atoms with Crippen LogP contribution in [-0.2, 0) is 46.7 Å². The second-order valence-corrected chi connectivity index (χ2v) is 6.86. The van der Waals surface area contributed by atoms with Crippen LogP contribution in [0, 0.1) is 0 Å². The molecular formula is C20H24N2O3. The van der Waals surface area contributed by atoms with E-state index in [1.807, 2.05) is 18.3 Å². The van der Waals surface area contributed by atoms with Gasteiger partial charge >= 0.3 is 5.97 Å². The number of fused-ring (bicyclic) bond motifs is 2. The van der Waals surface area contributed by atoms with Crippen molar-refractivity contribution in [3.63, 3.8) is 0 Å². The first-order valence-electron chi connectivity index (χ1n) is 9.17. The van der Waals surface area contributed by atoms with Crippen molar-refractivity contribution in [2.45, 2.75) is 57.8 Å². The zero-order valence-corrected chi connectivity index (χ0v) is 14.4. The molecule has 0 bridgehead atoms. The van der Waals surface area contributed by atoms with Crippen LogP contribution in [-0.4, -0.2) is 28.2 Å². The van der Waals surface area contributed by atoms with Gasteiger partial charge in [-0.1, -0.05) is 24.3 Å². The van der Waals surface area contributed by atoms with Crippen molar-refractivity contribution in [2.75, 3.05) is 6.61 Å². The van der Waals surface area contributed by atoms with E-state index in [0.717, 1.165) is 30.9 Å². The first kappa shape index (κ1) is 16.3. The van der Waals surface area contributed by atoms with Gasteiger partial charge in [0.2, 0.25) is 0 Å². The van der Waals surface area contributed by atoms with E-state index < -0.39 is 0 Å². The Morgan fingerprint density at radius 3 is 3.08 bits per heavy atom. The molecule has 4 rings (SSSR count). The average Bonchev–Trinajstić information content (AvgIpc) is 3.08. The maximum Gasteiger partial charge on any atom is 0.306 e. The summed E-state index contributed by atoms with van der Waals surface area (Å²) in [6.45, 7) is 1.95. The Kier molecular flexibility index (Phi) is 4.83. The van der Waals surface area contributed by atoms with Crippen LogP contribution in [0.5, 0.6) is 0 Å². The Labute approximate surface area is 148 Å². The molecule has 132 valence electrons. The van der Waals surface area contributed by atoms with Gasteiger partial charge in [0.1, 0.15) is 12.4 Å². The van der Waals surface area contributed by atoms with Crippen LogP contribution in [0.3, 0.4) is 0 Å². The minimum absolute atomic E-state index is 0.0402. The number of imidazole rings is 1. The summed E-state index contributed by atoms with van der Waals surface area (Å²) in [5.74, 6) is 0.998. The Balaban J connectivity index is 1.24. The van der Waals surface area contributed by atoms with Crippen LogP contribution in [0.1, 0.15) is 41.9 Å². The number of nitrogens with zero attached hydrogens (tertiary/aromatic N) is 2. The van der Waals surface area contributed by atoms with Gasteiger partial charge in [-0.3, -0.25) is 4.79 Å². The first-order valence-corrected chi connectivity index (χ1v) is 9.17. The zero-order chi connectivity index (χ0) is 17.1. The van der Waals surface area contributed by atoms with Gasteiger partial charge < -0.3 is 14.0 Å². The van der Waals surface area contributed by atoms with Gasteiger partial charge in [-0.05, 0) is 30.4 Å². The topological polar surface area (TPSA) is 53.4 Å². The van der Waals surface area contributed by atoms with Gasteiger partial charge in [-0.25, -0.2) is 4.98 Å². The Morgan fingerprint density at radius 1 is 1.28 bits per heavy atom. The molecule has 3 heterocycles. The summed E-state index contributed by atoms with van der Waals surface area (Å²) >= 11 is 0. The number of esters is 1. The normalized spacial score (nSPS) is 19.1. The Bertz CT molecular complexity index is 753. The van der Waals surface area contributed by atoms with Gasteiger partial charge in [-0.15, -0.1) is 0 Å². The Hall–Kier alpha value is -2.14. The van der Waals surface area contributed by atoms with Crippen molar-refractivity contribution in [3.05, 3.63) is 53.1 Å². The standard InChI is InChI=1S/C20H24N2O3/c23-20(9-8-17-12-21-19-7-3-4-10-22(17)19)25-14-18-11-15-5-1-2-6-16(15)13-24-18/h1-2,5-6,12,18H,3-4,7-11,13-14H2/t18-/m0/s1. The lowest BCUT2D eigenvalue weighted by Crippen LogP contribution is -2.28. The van der Waals surface area contributed by atoms with E-state index in [0.29, 0.717) is 26.1 Å². The van der Waals surface area contributed by atoms with Crippen LogP contribution >= 0.6 is 0 Å². The molecule has 0 saturated carbocycles. The summed E-state index contributed by atoms with van der Waals surface area (Å²) in [7, 11) is 0. The molecule has 0 radical (unpaired) electrons. The largest absolute Gasteiger partial charge is 0.463 e. The van der Waals surface area contributed by atoms with Crippen LogP contribution < -0.4 is 0 Å². The van der Waals surface area contributed by atoms with E-state index in [1.54, 1.807) is 0 Å². The summed E-state index contributed by atoms with van der Waals surface area (Å²) in [5, 5.41) is 0. The predicted octanol–water partition coefficient (Wildman–Crippen LogP) is 2.84. The third kappa shape index (κ3) is 3.76. The Morgan fingerprint density at radius 2 is 2.16 bits per heavy atom. The van der Waals surface area contributed by atoms with E-state index in [2.05, 4.69) is 21.7 Å². The van der Waals surface area contributed by atoms with Gasteiger partial charge in [0.05, 0.1) is 19.1 Å². The molecule has 2 aliphatic heterocycles. The second kappa shape index (κ2) is 7.40. The maximum absolute atomic E-state index is 12.1. The maximum atomic E-state index is 12.1. The van der Waals surface area contributed by atoms with Crippen LogP contribution in [0.2, 0.25) is 0 Å². The van der Waals surface area contributed by atoms with E-state index in [9.17, 15) is 4.79 Å². The monoisotopic (exact) mass is 340 g/mol. The van der Waals surface area contributed by atoms with Crippen LogP contribution in [0.15, 0.2) is 30.5 Å². The summed E-state index contributed by atoms with van der Waals surface area (Å²) in [6, 6.07) is 8.27. The predicted molar refractivity (Wildman–Crippen MR) is 93.2 cm³/mol. The molecule has 0 aliphatic carbocycles. The summed E-state index contributed by atoms with van der Waals surface area (Å²) in [6.07, 6.45) is 7.22. The minimum atomic E-state index is -0.159. The highest BCUT2D eigenvalue weighted by Gasteiger charge is 2.20. The number of hydrogen-bond acceptors (Lipinski definition) is 4. The molecule has 5 nitrogen and oxygen atoms in total. The number of ether oxygens (including phenoxy) is 2. The minimum Gasteiger partial charge on any atom is -0.463 e. The van der Waals surface area contributed by atoms with Crippen LogP contribution in [0.25, 0.3) is 0 Å². The van der Waals surface area contributed by atoms with Gasteiger partial charge in [-0.2, -0.15) is 0 Å². The summed E-state index contributed by atoms with van der Waals surface area (Å²) in [5.41, 5.74) is 3.67. The van der Waals surface area contributed by atoms with Gasteiger partial charge in [0, 0.05) is 31.3 Å². The van der Waals surface area contributed by atoms with E-state index in [-0.39, 0.29) is 12.1 Å². The summed E-state index contributed by atoms with van der Waals surface area (Å²) in [4.78, 5) is 16.6. The fraction of sp³-hybridized carbons (Fsp3) is 0.500. The van der Waals surface area contributed by atoms with Crippen molar-refractivity contribution >= 4 is 5.97 Å². The van der Waals surface area contributed by atoms with Crippen molar-refractivity contribution < 1.29 is 14.3 Å². The molecule has 0 fully saturated rings. The number of aryl methyl sites for hydroxylation is 2. The van der Waals surface area contributed by atoms with E-state index in [1.165, 1.54) is 24.0 Å². The van der Waals surface area contributed by atoms with Crippen molar-refractivity contribution in [1.29, 1.82) is 0 Å². The number of carbonyl (C=O) groups is 1. The third-order valence-electron chi connectivity index (χ3n) is 5.11. The number of carbonyl (C=O) groups excluding carboxylic acids is 1. The molecule has 2 aromatic rings. The highest BCUT2D eigenvalue weighted by atomic mass is 16.6. The van der Waals surface area contributed by atoms with Gasteiger partial charge in [0.25, 0.3) is 0 Å². The van der Waals surface area contributed by atoms with Crippen molar-refractivity contribution in [2.24, 2.45) is 0 Å². The molecule has 0 unspecified atom stereocenters. The molecule has 1 aromatic carbocycles. The van der Waals surface area contributed by atoms with Crippen molar-refractivity contribution in [3.8, 4) is 0 Å². The SMILES string of the molecule is O=C(CCc1cnc2n1CCCC2)OC[C@@H]1Cc2ccccc2CO1. The van der Waals surface area contributed by atoms with Crippen molar-refractivity contribution in [1.82, 2.24) is 9.55 Å². The lowest BCUT2D eigenvalue weighted by Gasteiger charge is -2.24. The lowest BCUT2D eigenvalue weighted by atomic mass is 10.00. The average molecular weight is 340 g/mol. The molecule has 0 amide bonds. The lowest BCUT2D eigenvalue weighted by molar-refractivity contribution is -0.148. The fourth-order valence-corrected chi connectivity index (χ4v) is 3.68. The van der Waals surface area contributed by atoms with E-state index in [4.69, 9.17) is 9.47 Å². The molecule has 0 N–H and O–H groups in total. The molecule has 0 saturated heterocycles. The smallest absolute Gasteiger partial charge is 0.306 e. The first-order chi connectivity index (χ1) is 12.3. The van der Waals surface area contributed by atoms with Crippen LogP contribution in [0.4, 0.5) is 0 Å². The number of aromatic nitrogens is 2. The number of rotatable bonds is 5. The number of benzene rings is 1. The molecular weight excluding hydrogens is 316 g/mol. The highest BCUT2D eigenvalue weighted by Crippen LogP contribution is 2.21. The number of hydrogen-bond donors (Lipinski definition) is 0. The zero-order valence-electron chi connectivity index (χ0n) is 14.4. The quantitative estimate of drug-likeness (QED) is 0.786. The summed E-state index contributed by atoms with van der Waals surface area (Å²) < 4.78 is 13.5. The molecule has 1 atom stereocenters. The van der Waals surface area contributed by atoms with Gasteiger partial charge in [0.15, 0.2) is 0 Å². The molecule has 25 heavy (non-hydrogen) atoms. The highest BCUT2D eigenvalue weighted by molar-refractivity contribution is 5.69. The molecule has 5 heteroatoms.